The van der Waals surface area contributed by atoms with E-state index < -0.39 is 3.79 Å². The topological polar surface area (TPSA) is 17.1 Å². The first kappa shape index (κ1) is 14.1. The fourth-order valence-electron chi connectivity index (χ4n) is 1.55. The van der Waals surface area contributed by atoms with E-state index in [0.29, 0.717) is 0 Å². The second-order valence-corrected chi connectivity index (χ2v) is 6.98. The first-order chi connectivity index (χ1) is 7.18. The molecule has 0 spiro atoms. The molecular formula is C12H15Cl3O. The van der Waals surface area contributed by atoms with Crippen LogP contribution in [0.4, 0.5) is 0 Å². The maximum atomic E-state index is 11.8. The number of allylic oxidation sites excluding steroid dienone is 4. The smallest absolute Gasteiger partial charge is 0.200 e. The molecular weight excluding hydrogens is 266 g/mol. The van der Waals surface area contributed by atoms with Crippen molar-refractivity contribution in [3.63, 3.8) is 0 Å². The van der Waals surface area contributed by atoms with E-state index in [9.17, 15) is 4.79 Å². The third-order valence-electron chi connectivity index (χ3n) is 3.06. The highest BCUT2D eigenvalue weighted by atomic mass is 35.6. The Labute approximate surface area is 111 Å². The van der Waals surface area contributed by atoms with E-state index in [0.717, 1.165) is 12.0 Å². The molecule has 4 heteroatoms. The highest BCUT2D eigenvalue weighted by Crippen LogP contribution is 2.42. The van der Waals surface area contributed by atoms with Gasteiger partial charge < -0.3 is 0 Å². The molecule has 0 heterocycles. The summed E-state index contributed by atoms with van der Waals surface area (Å²) < 4.78 is -1.40. The van der Waals surface area contributed by atoms with Gasteiger partial charge in [-0.2, -0.15) is 0 Å². The van der Waals surface area contributed by atoms with Gasteiger partial charge >= 0.3 is 0 Å². The van der Waals surface area contributed by atoms with Crippen LogP contribution in [0.3, 0.4) is 0 Å². The summed E-state index contributed by atoms with van der Waals surface area (Å²) in [5.41, 5.74) is 0.546. The van der Waals surface area contributed by atoms with E-state index in [2.05, 4.69) is 0 Å². The van der Waals surface area contributed by atoms with Crippen molar-refractivity contribution in [2.24, 2.45) is 11.3 Å². The Morgan fingerprint density at radius 3 is 2.31 bits per heavy atom. The van der Waals surface area contributed by atoms with Crippen LogP contribution in [0, 0.1) is 11.3 Å². The quantitative estimate of drug-likeness (QED) is 0.682. The number of alkyl halides is 3. The second kappa shape index (κ2) is 4.72. The van der Waals surface area contributed by atoms with E-state index in [1.54, 1.807) is 12.2 Å². The molecule has 0 fully saturated rings. The monoisotopic (exact) mass is 280 g/mol. The Hall–Kier alpha value is 0.0200. The van der Waals surface area contributed by atoms with Gasteiger partial charge in [0.15, 0.2) is 9.58 Å². The van der Waals surface area contributed by atoms with Gasteiger partial charge in [0.1, 0.15) is 0 Å². The molecule has 0 N–H and O–H groups in total. The summed E-state index contributed by atoms with van der Waals surface area (Å²) in [7, 11) is 0. The normalized spacial score (nSPS) is 22.2. The molecule has 16 heavy (non-hydrogen) atoms. The zero-order valence-corrected chi connectivity index (χ0v) is 11.8. The van der Waals surface area contributed by atoms with Crippen molar-refractivity contribution in [1.29, 1.82) is 0 Å². The van der Waals surface area contributed by atoms with Crippen molar-refractivity contribution >= 4 is 40.6 Å². The summed E-state index contributed by atoms with van der Waals surface area (Å²) >= 11 is 17.5. The van der Waals surface area contributed by atoms with E-state index in [1.165, 1.54) is 6.08 Å². The van der Waals surface area contributed by atoms with Crippen LogP contribution in [0.5, 0.6) is 0 Å². The van der Waals surface area contributed by atoms with Crippen LogP contribution in [0.2, 0.25) is 0 Å². The number of carbonyl (C=O) groups excluding carboxylic acids is 1. The number of hydrogen-bond donors (Lipinski definition) is 0. The number of carbonyl (C=O) groups is 1. The van der Waals surface area contributed by atoms with Crippen molar-refractivity contribution in [2.75, 3.05) is 0 Å². The lowest BCUT2D eigenvalue weighted by molar-refractivity contribution is -0.112. The summed E-state index contributed by atoms with van der Waals surface area (Å²) in [6.45, 7) is 6.08. The Balaban J connectivity index is 3.08. The molecule has 1 aliphatic carbocycles. The van der Waals surface area contributed by atoms with Crippen LogP contribution >= 0.6 is 34.8 Å². The van der Waals surface area contributed by atoms with Crippen LogP contribution in [-0.4, -0.2) is 9.58 Å². The Morgan fingerprint density at radius 2 is 1.88 bits per heavy atom. The highest BCUT2D eigenvalue weighted by molar-refractivity contribution is 6.68. The summed E-state index contributed by atoms with van der Waals surface area (Å²) in [6, 6.07) is 0. The van der Waals surface area contributed by atoms with Crippen molar-refractivity contribution in [3.05, 3.63) is 23.8 Å². The zero-order valence-electron chi connectivity index (χ0n) is 9.56. The summed E-state index contributed by atoms with van der Waals surface area (Å²) in [4.78, 5) is 11.8. The van der Waals surface area contributed by atoms with E-state index in [1.807, 2.05) is 20.8 Å². The molecule has 0 aromatic heterocycles. The average Bonchev–Trinajstić information content (AvgIpc) is 2.16. The summed E-state index contributed by atoms with van der Waals surface area (Å²) in [6.07, 6.45) is 5.79. The van der Waals surface area contributed by atoms with Crippen molar-refractivity contribution in [3.8, 4) is 0 Å². The van der Waals surface area contributed by atoms with Gasteiger partial charge in [0.2, 0.25) is 0 Å². The van der Waals surface area contributed by atoms with E-state index >= 15 is 0 Å². The molecule has 0 aromatic carbocycles. The van der Waals surface area contributed by atoms with E-state index in [4.69, 9.17) is 34.8 Å². The van der Waals surface area contributed by atoms with Gasteiger partial charge in [-0.1, -0.05) is 67.7 Å². The third-order valence-corrected chi connectivity index (χ3v) is 3.81. The van der Waals surface area contributed by atoms with Gasteiger partial charge in [0.25, 0.3) is 0 Å². The predicted molar refractivity (Wildman–Crippen MR) is 70.1 cm³/mol. The molecule has 1 unspecified atom stereocenters. The van der Waals surface area contributed by atoms with Crippen LogP contribution in [-0.2, 0) is 4.79 Å². The molecule has 0 amide bonds. The highest BCUT2D eigenvalue weighted by Gasteiger charge is 2.35. The van der Waals surface area contributed by atoms with E-state index in [-0.39, 0.29) is 17.1 Å². The SMILES string of the molecule is CCC(C)(C)C1=CC(C(Cl)(Cl)Cl)C=CC1=O. The van der Waals surface area contributed by atoms with Crippen molar-refractivity contribution in [2.45, 2.75) is 31.0 Å². The maximum Gasteiger partial charge on any atom is 0.200 e. The standard InChI is InChI=1S/C12H15Cl3O/c1-4-11(2,3)9-7-8(12(13,14)15)5-6-10(9)16/h5-8H,4H2,1-3H3. The lowest BCUT2D eigenvalue weighted by atomic mass is 9.76. The Kier molecular flexibility index (Phi) is 4.15. The minimum atomic E-state index is -1.40. The molecule has 0 saturated heterocycles. The molecule has 1 atom stereocenters. The minimum Gasteiger partial charge on any atom is -0.290 e. The largest absolute Gasteiger partial charge is 0.290 e. The molecule has 1 aliphatic rings. The Morgan fingerprint density at radius 1 is 1.31 bits per heavy atom. The molecule has 0 saturated carbocycles. The number of rotatable bonds is 2. The maximum absolute atomic E-state index is 11.8. The lowest BCUT2D eigenvalue weighted by Crippen LogP contribution is -2.26. The second-order valence-electron chi connectivity index (χ2n) is 4.61. The zero-order chi connectivity index (χ0) is 12.6. The average molecular weight is 282 g/mol. The van der Waals surface area contributed by atoms with Gasteiger partial charge in [0.05, 0.1) is 0 Å². The van der Waals surface area contributed by atoms with Crippen molar-refractivity contribution < 1.29 is 4.79 Å². The third kappa shape index (κ3) is 3.03. The molecule has 90 valence electrons. The first-order valence-electron chi connectivity index (χ1n) is 5.20. The van der Waals surface area contributed by atoms with Gasteiger partial charge in [-0.25, -0.2) is 0 Å². The summed E-state index contributed by atoms with van der Waals surface area (Å²) in [5, 5.41) is 0. The number of hydrogen-bond acceptors (Lipinski definition) is 1. The Bertz CT molecular complexity index is 348. The van der Waals surface area contributed by atoms with Crippen LogP contribution in [0.15, 0.2) is 23.8 Å². The van der Waals surface area contributed by atoms with Crippen LogP contribution < -0.4 is 0 Å². The first-order valence-corrected chi connectivity index (χ1v) is 6.33. The lowest BCUT2D eigenvalue weighted by Gasteiger charge is -2.30. The van der Waals surface area contributed by atoms with Crippen molar-refractivity contribution in [1.82, 2.24) is 0 Å². The molecule has 0 aliphatic heterocycles. The van der Waals surface area contributed by atoms with Crippen LogP contribution in [0.1, 0.15) is 27.2 Å². The number of ketones is 1. The minimum absolute atomic E-state index is 0.0114. The number of halogens is 3. The fourth-order valence-corrected chi connectivity index (χ4v) is 1.96. The molecule has 0 aromatic rings. The molecule has 0 radical (unpaired) electrons. The fraction of sp³-hybridized carbons (Fsp3) is 0.583. The molecule has 1 rings (SSSR count). The van der Waals surface area contributed by atoms with Gasteiger partial charge in [-0.3, -0.25) is 4.79 Å². The van der Waals surface area contributed by atoms with Crippen LogP contribution in [0.25, 0.3) is 0 Å². The molecule has 1 nitrogen and oxygen atoms in total. The van der Waals surface area contributed by atoms with Gasteiger partial charge in [0, 0.05) is 11.5 Å². The summed E-state index contributed by atoms with van der Waals surface area (Å²) in [5.74, 6) is -0.326. The van der Waals surface area contributed by atoms with Gasteiger partial charge in [-0.15, -0.1) is 0 Å². The predicted octanol–water partition coefficient (Wildman–Crippen LogP) is 4.47. The van der Waals surface area contributed by atoms with Gasteiger partial charge in [-0.05, 0) is 17.9 Å². The molecule has 0 bridgehead atoms.